The zero-order valence-electron chi connectivity index (χ0n) is 14.7. The summed E-state index contributed by atoms with van der Waals surface area (Å²) < 4.78 is 29.3. The monoisotopic (exact) mass is 418 g/mol. The van der Waals surface area contributed by atoms with E-state index in [0.29, 0.717) is 4.91 Å². The molecule has 1 fully saturated rings. The second-order valence-corrected chi connectivity index (χ2v) is 9.27. The van der Waals surface area contributed by atoms with Gasteiger partial charge in [-0.25, -0.2) is 0 Å². The van der Waals surface area contributed by atoms with E-state index in [2.05, 4.69) is 11.0 Å². The van der Waals surface area contributed by atoms with Crippen molar-refractivity contribution in [1.29, 1.82) is 0 Å². The average molecular weight is 419 g/mol. The van der Waals surface area contributed by atoms with Crippen LogP contribution >= 0.6 is 23.1 Å². The molecule has 0 N–H and O–H groups in total. The van der Waals surface area contributed by atoms with Crippen molar-refractivity contribution in [3.63, 3.8) is 0 Å². The topological polar surface area (TPSA) is 66.8 Å². The summed E-state index contributed by atoms with van der Waals surface area (Å²) in [7, 11) is -3.91. The lowest BCUT2D eigenvalue weighted by Gasteiger charge is -2.12. The van der Waals surface area contributed by atoms with Gasteiger partial charge in [-0.2, -0.15) is 8.42 Å². The SMILES string of the molecule is C=CCN1C(=O)/C(=C/c2cccs2)S/C1=N\S(=O)(=O)c1ccc(CC)cc1. The maximum Gasteiger partial charge on any atom is 0.284 e. The van der Waals surface area contributed by atoms with Crippen molar-refractivity contribution in [2.45, 2.75) is 18.2 Å². The van der Waals surface area contributed by atoms with Gasteiger partial charge in [0.2, 0.25) is 0 Å². The summed E-state index contributed by atoms with van der Waals surface area (Å²) in [5.41, 5.74) is 1.04. The molecule has 1 aliphatic heterocycles. The van der Waals surface area contributed by atoms with E-state index in [1.54, 1.807) is 36.4 Å². The van der Waals surface area contributed by atoms with Crippen LogP contribution in [-0.2, 0) is 21.2 Å². The zero-order valence-corrected chi connectivity index (χ0v) is 17.1. The van der Waals surface area contributed by atoms with Gasteiger partial charge < -0.3 is 0 Å². The number of thiophene rings is 1. The van der Waals surface area contributed by atoms with Gasteiger partial charge in [-0.15, -0.1) is 22.3 Å². The Hall–Kier alpha value is -2.16. The van der Waals surface area contributed by atoms with Crippen LogP contribution in [-0.4, -0.2) is 30.9 Å². The Morgan fingerprint density at radius 3 is 2.56 bits per heavy atom. The number of benzene rings is 1. The van der Waals surface area contributed by atoms with Crippen LogP contribution in [0.15, 0.2) is 68.6 Å². The first-order valence-electron chi connectivity index (χ1n) is 8.24. The van der Waals surface area contributed by atoms with Crippen molar-refractivity contribution >= 4 is 50.3 Å². The molecule has 5 nitrogen and oxygen atoms in total. The van der Waals surface area contributed by atoms with Crippen molar-refractivity contribution in [2.75, 3.05) is 6.54 Å². The molecule has 0 aliphatic carbocycles. The molecule has 0 spiro atoms. The fourth-order valence-corrected chi connectivity index (χ4v) is 5.33. The molecule has 2 heterocycles. The number of hydrogen-bond acceptors (Lipinski definition) is 5. The summed E-state index contributed by atoms with van der Waals surface area (Å²) in [6, 6.07) is 10.4. The Kier molecular flexibility index (Phi) is 5.98. The Morgan fingerprint density at radius 2 is 1.96 bits per heavy atom. The summed E-state index contributed by atoms with van der Waals surface area (Å²) in [6.07, 6.45) is 4.12. The van der Waals surface area contributed by atoms with Crippen LogP contribution in [0.25, 0.3) is 6.08 Å². The molecule has 0 bridgehead atoms. The highest BCUT2D eigenvalue weighted by molar-refractivity contribution is 8.19. The third-order valence-electron chi connectivity index (χ3n) is 3.84. The maximum absolute atomic E-state index is 12.7. The maximum atomic E-state index is 12.7. The fourth-order valence-electron chi connectivity index (χ4n) is 2.42. The smallest absolute Gasteiger partial charge is 0.282 e. The normalized spacial score (nSPS) is 17.8. The van der Waals surface area contributed by atoms with Gasteiger partial charge in [0, 0.05) is 11.4 Å². The standard InChI is InChI=1S/C19H18N2O3S3/c1-3-11-21-18(22)17(13-15-6-5-12-25-15)26-19(21)20-27(23,24)16-9-7-14(4-2)8-10-16/h3,5-10,12-13H,1,4,11H2,2H3/b17-13-,20-19-. The molecule has 2 aromatic rings. The van der Waals surface area contributed by atoms with E-state index in [0.717, 1.165) is 28.6 Å². The first-order chi connectivity index (χ1) is 12.9. The van der Waals surface area contributed by atoms with E-state index in [-0.39, 0.29) is 22.5 Å². The summed E-state index contributed by atoms with van der Waals surface area (Å²) in [5.74, 6) is -0.274. The minimum Gasteiger partial charge on any atom is -0.282 e. The van der Waals surface area contributed by atoms with E-state index in [1.165, 1.54) is 16.2 Å². The molecule has 1 amide bonds. The van der Waals surface area contributed by atoms with Gasteiger partial charge in [0.05, 0.1) is 9.80 Å². The van der Waals surface area contributed by atoms with Crippen LogP contribution in [0.4, 0.5) is 0 Å². The Morgan fingerprint density at radius 1 is 1.22 bits per heavy atom. The lowest BCUT2D eigenvalue weighted by Crippen LogP contribution is -2.29. The number of amides is 1. The number of hydrogen-bond donors (Lipinski definition) is 0. The van der Waals surface area contributed by atoms with Gasteiger partial charge in [0.25, 0.3) is 15.9 Å². The summed E-state index contributed by atoms with van der Waals surface area (Å²) in [6.45, 7) is 5.83. The number of amidine groups is 1. The molecular weight excluding hydrogens is 400 g/mol. The molecule has 3 rings (SSSR count). The minimum atomic E-state index is -3.91. The lowest BCUT2D eigenvalue weighted by atomic mass is 10.2. The highest BCUT2D eigenvalue weighted by Crippen LogP contribution is 2.34. The summed E-state index contributed by atoms with van der Waals surface area (Å²) in [4.78, 5) is 15.4. The van der Waals surface area contributed by atoms with E-state index >= 15 is 0 Å². The van der Waals surface area contributed by atoms with Crippen molar-refractivity contribution < 1.29 is 13.2 Å². The Labute approximate surface area is 167 Å². The Bertz CT molecular complexity index is 1000. The number of rotatable bonds is 6. The number of aryl methyl sites for hydroxylation is 1. The molecule has 1 aliphatic rings. The second kappa shape index (κ2) is 8.24. The van der Waals surface area contributed by atoms with Crippen LogP contribution in [0.3, 0.4) is 0 Å². The first-order valence-corrected chi connectivity index (χ1v) is 11.4. The van der Waals surface area contributed by atoms with Crippen molar-refractivity contribution in [3.05, 3.63) is 69.8 Å². The Balaban J connectivity index is 1.96. The van der Waals surface area contributed by atoms with Crippen LogP contribution < -0.4 is 0 Å². The predicted octanol–water partition coefficient (Wildman–Crippen LogP) is 4.16. The highest BCUT2D eigenvalue weighted by Gasteiger charge is 2.34. The summed E-state index contributed by atoms with van der Waals surface area (Å²) >= 11 is 2.56. The van der Waals surface area contributed by atoms with Gasteiger partial charge in [-0.3, -0.25) is 9.69 Å². The number of nitrogens with zero attached hydrogens (tertiary/aromatic N) is 2. The molecule has 0 unspecified atom stereocenters. The van der Waals surface area contributed by atoms with Crippen molar-refractivity contribution in [1.82, 2.24) is 4.90 Å². The highest BCUT2D eigenvalue weighted by atomic mass is 32.2. The number of carbonyl (C=O) groups excluding carboxylic acids is 1. The van der Waals surface area contributed by atoms with Gasteiger partial charge in [-0.1, -0.05) is 31.2 Å². The van der Waals surface area contributed by atoms with Crippen LogP contribution in [0.5, 0.6) is 0 Å². The summed E-state index contributed by atoms with van der Waals surface area (Å²) in [5, 5.41) is 2.06. The van der Waals surface area contributed by atoms with Crippen LogP contribution in [0.1, 0.15) is 17.4 Å². The molecule has 27 heavy (non-hydrogen) atoms. The average Bonchev–Trinajstić information content (AvgIpc) is 3.26. The minimum absolute atomic E-state index is 0.106. The first kappa shape index (κ1) is 19.6. The van der Waals surface area contributed by atoms with E-state index in [9.17, 15) is 13.2 Å². The van der Waals surface area contributed by atoms with Crippen molar-refractivity contribution in [2.24, 2.45) is 4.40 Å². The third-order valence-corrected chi connectivity index (χ3v) is 7.07. The van der Waals surface area contributed by atoms with Gasteiger partial charge in [0.1, 0.15) is 0 Å². The van der Waals surface area contributed by atoms with Gasteiger partial charge in [-0.05, 0) is 53.4 Å². The van der Waals surface area contributed by atoms with Crippen molar-refractivity contribution in [3.8, 4) is 0 Å². The van der Waals surface area contributed by atoms with Crippen LogP contribution in [0.2, 0.25) is 0 Å². The second-order valence-electron chi connectivity index (χ2n) is 5.68. The molecule has 0 radical (unpaired) electrons. The zero-order chi connectivity index (χ0) is 19.4. The number of sulfonamides is 1. The number of thioether (sulfide) groups is 1. The quantitative estimate of drug-likeness (QED) is 0.522. The fraction of sp³-hybridized carbons (Fsp3) is 0.158. The third kappa shape index (κ3) is 4.40. The molecule has 1 aromatic carbocycles. The molecule has 140 valence electrons. The molecule has 8 heteroatoms. The largest absolute Gasteiger partial charge is 0.284 e. The molecule has 0 atom stereocenters. The molecule has 1 saturated heterocycles. The van der Waals surface area contributed by atoms with E-state index in [4.69, 9.17) is 0 Å². The lowest BCUT2D eigenvalue weighted by molar-refractivity contribution is -0.121. The predicted molar refractivity (Wildman–Crippen MR) is 112 cm³/mol. The van der Waals surface area contributed by atoms with Crippen LogP contribution in [0, 0.1) is 0 Å². The van der Waals surface area contributed by atoms with Gasteiger partial charge in [0.15, 0.2) is 5.17 Å². The van der Waals surface area contributed by atoms with Gasteiger partial charge >= 0.3 is 0 Å². The molecule has 0 saturated carbocycles. The van der Waals surface area contributed by atoms with E-state index in [1.807, 2.05) is 24.4 Å². The molecular formula is C19H18N2O3S3. The van der Waals surface area contributed by atoms with E-state index < -0.39 is 10.0 Å². The molecule has 1 aromatic heterocycles. The number of carbonyl (C=O) groups is 1.